The third kappa shape index (κ3) is 4.16. The van der Waals surface area contributed by atoms with Crippen molar-refractivity contribution < 1.29 is 4.79 Å². The van der Waals surface area contributed by atoms with Crippen molar-refractivity contribution in [3.63, 3.8) is 0 Å². The summed E-state index contributed by atoms with van der Waals surface area (Å²) in [5, 5.41) is 0. The van der Waals surface area contributed by atoms with E-state index in [4.69, 9.17) is 0 Å². The maximum atomic E-state index is 13.2. The van der Waals surface area contributed by atoms with Crippen LogP contribution in [0.1, 0.15) is 88.7 Å². The third-order valence-electron chi connectivity index (χ3n) is 5.57. The molecule has 1 amide bonds. The Morgan fingerprint density at radius 2 is 1.20 bits per heavy atom. The molecule has 0 atom stereocenters. The summed E-state index contributed by atoms with van der Waals surface area (Å²) in [6, 6.07) is 6.52. The Balaban J connectivity index is 1.87. The number of likely N-dealkylation sites (tertiary alicyclic amines) is 1. The molecule has 1 aromatic carbocycles. The van der Waals surface area contributed by atoms with Crippen LogP contribution in [0.25, 0.3) is 0 Å². The van der Waals surface area contributed by atoms with Gasteiger partial charge in [-0.15, -0.1) is 0 Å². The van der Waals surface area contributed by atoms with Gasteiger partial charge in [0.2, 0.25) is 0 Å². The van der Waals surface area contributed by atoms with E-state index < -0.39 is 0 Å². The highest BCUT2D eigenvalue weighted by atomic mass is 16.2. The molecule has 2 nitrogen and oxygen atoms in total. The van der Waals surface area contributed by atoms with Crippen molar-refractivity contribution in [2.75, 3.05) is 13.1 Å². The summed E-state index contributed by atoms with van der Waals surface area (Å²) in [5.74, 6) is 0.205. The summed E-state index contributed by atoms with van der Waals surface area (Å²) in [4.78, 5) is 15.2. The third-order valence-corrected chi connectivity index (χ3v) is 5.57. The smallest absolute Gasteiger partial charge is 0.253 e. The standard InChI is InChI=1S/C23H33NO/c1-22(2,3)19-13-18(14-20(15-19)23(4,5)6)21(25)24-11-9-17(10-12-24)16-7-8-16/h13-15H,7-12H2,1-6H3. The van der Waals surface area contributed by atoms with Crippen molar-refractivity contribution in [1.82, 2.24) is 4.90 Å². The fourth-order valence-electron chi connectivity index (χ4n) is 3.55. The number of carbonyl (C=O) groups excluding carboxylic acids is 1. The number of amides is 1. The van der Waals surface area contributed by atoms with Gasteiger partial charge in [0.25, 0.3) is 5.91 Å². The maximum Gasteiger partial charge on any atom is 0.253 e. The molecular formula is C23H33NO. The molecule has 1 aliphatic heterocycles. The number of nitrogens with zero attached hydrogens (tertiary/aromatic N) is 1. The van der Waals surface area contributed by atoms with Crippen LogP contribution in [0.15, 0.2) is 29.3 Å². The molecule has 1 heterocycles. The molecule has 2 aliphatic rings. The van der Waals surface area contributed by atoms with E-state index in [-0.39, 0.29) is 16.7 Å². The molecular weight excluding hydrogens is 306 g/mol. The van der Waals surface area contributed by atoms with E-state index in [0.29, 0.717) is 0 Å². The summed E-state index contributed by atoms with van der Waals surface area (Å²) in [6.45, 7) is 15.1. The molecule has 0 spiro atoms. The summed E-state index contributed by atoms with van der Waals surface area (Å²) in [6.07, 6.45) is 4.75. The number of benzene rings is 1. The molecule has 2 heteroatoms. The fourth-order valence-corrected chi connectivity index (χ4v) is 3.55. The second-order valence-electron chi connectivity index (χ2n) is 9.80. The van der Waals surface area contributed by atoms with E-state index in [2.05, 4.69) is 64.6 Å². The first kappa shape index (κ1) is 18.2. The SMILES string of the molecule is CC(C)(C)c1cc(C(=O)N2CCC(=C3CC3)CC2)cc(C(C)(C)C)c1. The highest BCUT2D eigenvalue weighted by Crippen LogP contribution is 2.36. The van der Waals surface area contributed by atoms with Gasteiger partial charge in [0.05, 0.1) is 0 Å². The van der Waals surface area contributed by atoms with Crippen LogP contribution >= 0.6 is 0 Å². The lowest BCUT2D eigenvalue weighted by Gasteiger charge is -2.30. The molecule has 1 aromatic rings. The van der Waals surface area contributed by atoms with Crippen molar-refractivity contribution in [3.05, 3.63) is 46.0 Å². The van der Waals surface area contributed by atoms with Gasteiger partial charge in [-0.25, -0.2) is 0 Å². The maximum absolute atomic E-state index is 13.2. The predicted molar refractivity (Wildman–Crippen MR) is 105 cm³/mol. The summed E-state index contributed by atoms with van der Waals surface area (Å²) in [5.41, 5.74) is 6.74. The topological polar surface area (TPSA) is 20.3 Å². The van der Waals surface area contributed by atoms with Gasteiger partial charge in [-0.2, -0.15) is 0 Å². The van der Waals surface area contributed by atoms with Crippen LogP contribution in [0.2, 0.25) is 0 Å². The van der Waals surface area contributed by atoms with E-state index in [0.717, 1.165) is 31.5 Å². The van der Waals surface area contributed by atoms with Gasteiger partial charge in [0.15, 0.2) is 0 Å². The van der Waals surface area contributed by atoms with Crippen LogP contribution in [-0.2, 0) is 10.8 Å². The van der Waals surface area contributed by atoms with Gasteiger partial charge in [-0.05, 0) is 59.8 Å². The Morgan fingerprint density at radius 3 is 1.60 bits per heavy atom. The van der Waals surface area contributed by atoms with Gasteiger partial charge in [0.1, 0.15) is 0 Å². The molecule has 1 saturated heterocycles. The molecule has 25 heavy (non-hydrogen) atoms. The molecule has 1 saturated carbocycles. The van der Waals surface area contributed by atoms with E-state index in [1.54, 1.807) is 11.1 Å². The number of piperidine rings is 1. The minimum atomic E-state index is 0.0434. The molecule has 2 fully saturated rings. The zero-order chi connectivity index (χ0) is 18.4. The Bertz CT molecular complexity index is 664. The van der Waals surface area contributed by atoms with Gasteiger partial charge >= 0.3 is 0 Å². The molecule has 0 aromatic heterocycles. The Kier molecular flexibility index (Phi) is 4.59. The molecule has 136 valence electrons. The van der Waals surface area contributed by atoms with Crippen LogP contribution < -0.4 is 0 Å². The zero-order valence-electron chi connectivity index (χ0n) is 16.8. The lowest BCUT2D eigenvalue weighted by molar-refractivity contribution is 0.0743. The van der Waals surface area contributed by atoms with E-state index in [1.807, 2.05) is 0 Å². The Morgan fingerprint density at radius 1 is 0.760 bits per heavy atom. The summed E-state index contributed by atoms with van der Waals surface area (Å²) in [7, 11) is 0. The molecule has 0 bridgehead atoms. The Hall–Kier alpha value is -1.57. The van der Waals surface area contributed by atoms with Crippen LogP contribution in [-0.4, -0.2) is 23.9 Å². The normalized spacial score (nSPS) is 18.6. The molecule has 3 rings (SSSR count). The second-order valence-corrected chi connectivity index (χ2v) is 9.80. The number of hydrogen-bond acceptors (Lipinski definition) is 1. The minimum Gasteiger partial charge on any atom is -0.338 e. The number of rotatable bonds is 1. The zero-order valence-corrected chi connectivity index (χ0v) is 16.8. The molecule has 0 radical (unpaired) electrons. The van der Waals surface area contributed by atoms with Crippen molar-refractivity contribution in [2.24, 2.45) is 0 Å². The lowest BCUT2D eigenvalue weighted by Crippen LogP contribution is -2.36. The Labute approximate surface area is 153 Å². The van der Waals surface area contributed by atoms with Gasteiger partial charge in [-0.1, -0.05) is 58.8 Å². The van der Waals surface area contributed by atoms with Gasteiger partial charge in [-0.3, -0.25) is 4.79 Å². The van der Waals surface area contributed by atoms with E-state index in [9.17, 15) is 4.79 Å². The van der Waals surface area contributed by atoms with Crippen LogP contribution in [0.3, 0.4) is 0 Å². The number of carbonyl (C=O) groups is 1. The number of hydrogen-bond donors (Lipinski definition) is 0. The quantitative estimate of drug-likeness (QED) is 0.609. The average molecular weight is 340 g/mol. The van der Waals surface area contributed by atoms with Crippen molar-refractivity contribution >= 4 is 5.91 Å². The number of allylic oxidation sites excluding steroid dienone is 1. The summed E-state index contributed by atoms with van der Waals surface area (Å²) < 4.78 is 0. The van der Waals surface area contributed by atoms with E-state index in [1.165, 1.54) is 24.0 Å². The molecule has 1 aliphatic carbocycles. The van der Waals surface area contributed by atoms with Crippen molar-refractivity contribution in [2.45, 2.75) is 78.1 Å². The van der Waals surface area contributed by atoms with E-state index >= 15 is 0 Å². The minimum absolute atomic E-state index is 0.0434. The lowest BCUT2D eigenvalue weighted by atomic mass is 9.79. The first-order chi connectivity index (χ1) is 11.6. The van der Waals surface area contributed by atoms with Crippen LogP contribution in [0.4, 0.5) is 0 Å². The monoisotopic (exact) mass is 339 g/mol. The largest absolute Gasteiger partial charge is 0.338 e. The van der Waals surface area contributed by atoms with Gasteiger partial charge in [0, 0.05) is 18.7 Å². The molecule has 0 N–H and O–H groups in total. The van der Waals surface area contributed by atoms with Crippen LogP contribution in [0.5, 0.6) is 0 Å². The van der Waals surface area contributed by atoms with Crippen molar-refractivity contribution in [1.29, 1.82) is 0 Å². The highest BCUT2D eigenvalue weighted by Gasteiger charge is 2.27. The molecule has 0 unspecified atom stereocenters. The van der Waals surface area contributed by atoms with Gasteiger partial charge < -0.3 is 4.90 Å². The summed E-state index contributed by atoms with van der Waals surface area (Å²) >= 11 is 0. The predicted octanol–water partition coefficient (Wildman–Crippen LogP) is 5.61. The highest BCUT2D eigenvalue weighted by molar-refractivity contribution is 5.95. The average Bonchev–Trinajstić information content (AvgIpc) is 3.37. The van der Waals surface area contributed by atoms with Crippen LogP contribution in [0, 0.1) is 0 Å². The van der Waals surface area contributed by atoms with Crippen molar-refractivity contribution in [3.8, 4) is 0 Å². The fraction of sp³-hybridized carbons (Fsp3) is 0.609. The first-order valence-corrected chi connectivity index (χ1v) is 9.71. The first-order valence-electron chi connectivity index (χ1n) is 9.71. The second kappa shape index (κ2) is 6.30.